The average Bonchev–Trinajstić information content (AvgIpc) is 3.04. The van der Waals surface area contributed by atoms with Crippen molar-refractivity contribution in [3.8, 4) is 0 Å². The first-order valence-electron chi connectivity index (χ1n) is 7.40. The Labute approximate surface area is 140 Å². The second-order valence-electron chi connectivity index (χ2n) is 5.24. The zero-order chi connectivity index (χ0) is 17.6. The number of aromatic nitrogens is 2. The first-order chi connectivity index (χ1) is 11.4. The number of imidazole rings is 1. The van der Waals surface area contributed by atoms with Crippen molar-refractivity contribution in [2.45, 2.75) is 30.8 Å². The molecule has 0 saturated heterocycles. The molecular weight excluding hydrogens is 335 g/mol. The Morgan fingerprint density at radius 2 is 2.04 bits per heavy atom. The molecule has 0 radical (unpaired) electrons. The van der Waals surface area contributed by atoms with Crippen LogP contribution in [0, 0.1) is 5.82 Å². The third kappa shape index (κ3) is 5.14. The van der Waals surface area contributed by atoms with Crippen molar-refractivity contribution in [3.05, 3.63) is 48.8 Å². The maximum atomic E-state index is 12.9. The monoisotopic (exact) mass is 354 g/mol. The van der Waals surface area contributed by atoms with Gasteiger partial charge in [-0.15, -0.1) is 0 Å². The van der Waals surface area contributed by atoms with Crippen molar-refractivity contribution in [2.75, 3.05) is 6.54 Å². The Kier molecular flexibility index (Phi) is 6.04. The van der Waals surface area contributed by atoms with Crippen molar-refractivity contribution in [1.29, 1.82) is 0 Å². The Morgan fingerprint density at radius 1 is 1.33 bits per heavy atom. The van der Waals surface area contributed by atoms with E-state index in [0.29, 0.717) is 19.5 Å². The van der Waals surface area contributed by atoms with Gasteiger partial charge in [0.1, 0.15) is 5.82 Å². The molecule has 1 atom stereocenters. The molecule has 2 rings (SSSR count). The number of aryl methyl sites for hydroxylation is 1. The molecule has 0 fully saturated rings. The Hall–Kier alpha value is -2.26. The molecule has 2 N–H and O–H groups in total. The van der Waals surface area contributed by atoms with E-state index in [-0.39, 0.29) is 4.90 Å². The number of halogens is 1. The molecule has 1 aromatic carbocycles. The van der Waals surface area contributed by atoms with Crippen LogP contribution in [0.3, 0.4) is 0 Å². The first kappa shape index (κ1) is 18.1. The molecule has 0 saturated carbocycles. The van der Waals surface area contributed by atoms with Crippen LogP contribution in [-0.4, -0.2) is 36.5 Å². The number of amides is 1. The summed E-state index contributed by atoms with van der Waals surface area (Å²) in [6.07, 6.45) is 5.87. The lowest BCUT2D eigenvalue weighted by Crippen LogP contribution is -2.45. The summed E-state index contributed by atoms with van der Waals surface area (Å²) in [5.41, 5.74) is 0. The van der Waals surface area contributed by atoms with Gasteiger partial charge in [-0.3, -0.25) is 4.79 Å². The molecule has 0 aliphatic carbocycles. The fraction of sp³-hybridized carbons (Fsp3) is 0.333. The van der Waals surface area contributed by atoms with Crippen molar-refractivity contribution in [3.63, 3.8) is 0 Å². The van der Waals surface area contributed by atoms with E-state index in [1.807, 2.05) is 10.8 Å². The molecule has 0 bridgehead atoms. The quantitative estimate of drug-likeness (QED) is 0.689. The molecule has 1 amide bonds. The predicted octanol–water partition coefficient (Wildman–Crippen LogP) is 0.895. The summed E-state index contributed by atoms with van der Waals surface area (Å²) < 4.78 is 41.2. The third-order valence-corrected chi connectivity index (χ3v) is 4.86. The van der Waals surface area contributed by atoms with Gasteiger partial charge in [0.15, 0.2) is 0 Å². The largest absolute Gasteiger partial charge is 0.355 e. The van der Waals surface area contributed by atoms with Crippen molar-refractivity contribution >= 4 is 15.9 Å². The van der Waals surface area contributed by atoms with E-state index in [0.717, 1.165) is 24.3 Å². The van der Waals surface area contributed by atoms with E-state index < -0.39 is 27.8 Å². The number of hydrogen-bond donors (Lipinski definition) is 2. The summed E-state index contributed by atoms with van der Waals surface area (Å²) in [6.45, 7) is 2.57. The standard InChI is InChI=1S/C15H19FN4O3S/c1-12(15(21)18-7-2-9-20-10-8-17-11-20)19-24(22,23)14-5-3-13(16)4-6-14/h3-6,8,10-12,19H,2,7,9H2,1H3,(H,18,21)/t12-/m1/s1. The molecule has 130 valence electrons. The smallest absolute Gasteiger partial charge is 0.241 e. The third-order valence-electron chi connectivity index (χ3n) is 3.30. The second kappa shape index (κ2) is 8.02. The topological polar surface area (TPSA) is 93.1 Å². The highest BCUT2D eigenvalue weighted by Gasteiger charge is 2.21. The maximum Gasteiger partial charge on any atom is 0.241 e. The summed E-state index contributed by atoms with van der Waals surface area (Å²) in [6, 6.07) is 3.46. The highest BCUT2D eigenvalue weighted by molar-refractivity contribution is 7.89. The van der Waals surface area contributed by atoms with Gasteiger partial charge in [-0.25, -0.2) is 17.8 Å². The minimum absolute atomic E-state index is 0.0938. The van der Waals surface area contributed by atoms with Gasteiger partial charge in [0.05, 0.1) is 17.3 Å². The van der Waals surface area contributed by atoms with Crippen LogP contribution in [0.2, 0.25) is 0 Å². The predicted molar refractivity (Wildman–Crippen MR) is 86.0 cm³/mol. The van der Waals surface area contributed by atoms with Crippen molar-refractivity contribution < 1.29 is 17.6 Å². The zero-order valence-electron chi connectivity index (χ0n) is 13.1. The molecule has 0 spiro atoms. The van der Waals surface area contributed by atoms with E-state index in [1.165, 1.54) is 6.92 Å². The molecule has 9 heteroatoms. The summed E-state index contributed by atoms with van der Waals surface area (Å²) in [4.78, 5) is 15.8. The molecule has 24 heavy (non-hydrogen) atoms. The van der Waals surface area contributed by atoms with Crippen LogP contribution in [0.4, 0.5) is 4.39 Å². The van der Waals surface area contributed by atoms with E-state index in [1.54, 1.807) is 12.5 Å². The Balaban J connectivity index is 1.80. The van der Waals surface area contributed by atoms with Crippen LogP contribution in [0.5, 0.6) is 0 Å². The van der Waals surface area contributed by atoms with Crippen LogP contribution < -0.4 is 10.0 Å². The van der Waals surface area contributed by atoms with Crippen LogP contribution in [0.1, 0.15) is 13.3 Å². The highest BCUT2D eigenvalue weighted by Crippen LogP contribution is 2.10. The molecule has 0 unspecified atom stereocenters. The second-order valence-corrected chi connectivity index (χ2v) is 6.96. The normalized spacial score (nSPS) is 12.8. The van der Waals surface area contributed by atoms with Gasteiger partial charge in [-0.05, 0) is 37.6 Å². The molecule has 1 aromatic heterocycles. The summed E-state index contributed by atoms with van der Waals surface area (Å²) in [7, 11) is -3.88. The minimum Gasteiger partial charge on any atom is -0.355 e. The lowest BCUT2D eigenvalue weighted by atomic mass is 10.3. The SMILES string of the molecule is C[C@@H](NS(=O)(=O)c1ccc(F)cc1)C(=O)NCCCn1ccnc1. The molecule has 2 aromatic rings. The van der Waals surface area contributed by atoms with E-state index in [4.69, 9.17) is 0 Å². The van der Waals surface area contributed by atoms with Crippen molar-refractivity contribution in [1.82, 2.24) is 19.6 Å². The minimum atomic E-state index is -3.88. The van der Waals surface area contributed by atoms with Gasteiger partial charge in [0.25, 0.3) is 0 Å². The van der Waals surface area contributed by atoms with Gasteiger partial charge < -0.3 is 9.88 Å². The van der Waals surface area contributed by atoms with Crippen LogP contribution >= 0.6 is 0 Å². The van der Waals surface area contributed by atoms with Gasteiger partial charge in [-0.2, -0.15) is 4.72 Å². The molecule has 0 aliphatic rings. The fourth-order valence-electron chi connectivity index (χ4n) is 2.01. The number of hydrogen-bond acceptors (Lipinski definition) is 4. The van der Waals surface area contributed by atoms with Gasteiger partial charge in [0, 0.05) is 25.5 Å². The number of nitrogens with zero attached hydrogens (tertiary/aromatic N) is 2. The number of rotatable bonds is 8. The van der Waals surface area contributed by atoms with Gasteiger partial charge in [0.2, 0.25) is 15.9 Å². The van der Waals surface area contributed by atoms with E-state index in [9.17, 15) is 17.6 Å². The average molecular weight is 354 g/mol. The van der Waals surface area contributed by atoms with E-state index >= 15 is 0 Å². The molecule has 7 nitrogen and oxygen atoms in total. The summed E-state index contributed by atoms with van der Waals surface area (Å²) in [5, 5.41) is 2.67. The number of carbonyl (C=O) groups is 1. The maximum absolute atomic E-state index is 12.9. The number of benzene rings is 1. The fourth-order valence-corrected chi connectivity index (χ4v) is 3.22. The molecule has 1 heterocycles. The number of nitrogens with one attached hydrogen (secondary N) is 2. The first-order valence-corrected chi connectivity index (χ1v) is 8.88. The number of carbonyl (C=O) groups excluding carboxylic acids is 1. The molecular formula is C15H19FN4O3S. The Morgan fingerprint density at radius 3 is 2.67 bits per heavy atom. The summed E-state index contributed by atoms with van der Waals surface area (Å²) in [5.74, 6) is -0.955. The van der Waals surface area contributed by atoms with Crippen LogP contribution in [0.25, 0.3) is 0 Å². The van der Waals surface area contributed by atoms with Crippen molar-refractivity contribution in [2.24, 2.45) is 0 Å². The van der Waals surface area contributed by atoms with Gasteiger partial charge >= 0.3 is 0 Å². The highest BCUT2D eigenvalue weighted by atomic mass is 32.2. The van der Waals surface area contributed by atoms with Crippen LogP contribution in [-0.2, 0) is 21.4 Å². The Bertz CT molecular complexity index is 761. The van der Waals surface area contributed by atoms with E-state index in [2.05, 4.69) is 15.0 Å². The van der Waals surface area contributed by atoms with Gasteiger partial charge in [-0.1, -0.05) is 0 Å². The summed E-state index contributed by atoms with van der Waals surface area (Å²) >= 11 is 0. The lowest BCUT2D eigenvalue weighted by Gasteiger charge is -2.14. The van der Waals surface area contributed by atoms with Crippen LogP contribution in [0.15, 0.2) is 47.9 Å². The zero-order valence-corrected chi connectivity index (χ0v) is 14.0. The molecule has 0 aliphatic heterocycles. The lowest BCUT2D eigenvalue weighted by molar-refractivity contribution is -0.122. The number of sulfonamides is 1.